The van der Waals surface area contributed by atoms with E-state index in [1.807, 2.05) is 20.8 Å². The molecular weight excluding hydrogens is 261 g/mol. The van der Waals surface area contributed by atoms with E-state index in [2.05, 4.69) is 10.1 Å². The van der Waals surface area contributed by atoms with Gasteiger partial charge in [-0.2, -0.15) is 4.98 Å². The van der Waals surface area contributed by atoms with E-state index >= 15 is 0 Å². The molecule has 1 aromatic carbocycles. The van der Waals surface area contributed by atoms with E-state index in [1.54, 1.807) is 6.07 Å². The minimum atomic E-state index is -0.375. The van der Waals surface area contributed by atoms with Gasteiger partial charge in [0.1, 0.15) is 11.6 Å². The van der Waals surface area contributed by atoms with Gasteiger partial charge in [0.05, 0.1) is 0 Å². The van der Waals surface area contributed by atoms with Crippen LogP contribution in [0.25, 0.3) is 0 Å². The van der Waals surface area contributed by atoms with Gasteiger partial charge in [-0.1, -0.05) is 25.1 Å². The molecule has 2 aromatic rings. The van der Waals surface area contributed by atoms with E-state index in [4.69, 9.17) is 15.0 Å². The van der Waals surface area contributed by atoms with Crippen LogP contribution in [0.3, 0.4) is 0 Å². The van der Waals surface area contributed by atoms with E-state index in [9.17, 15) is 4.39 Å². The highest BCUT2D eigenvalue weighted by molar-refractivity contribution is 5.36. The maximum absolute atomic E-state index is 13.3. The summed E-state index contributed by atoms with van der Waals surface area (Å²) in [4.78, 5) is 4.19. The van der Waals surface area contributed by atoms with Crippen LogP contribution >= 0.6 is 0 Å². The van der Waals surface area contributed by atoms with E-state index in [0.717, 1.165) is 5.56 Å². The van der Waals surface area contributed by atoms with E-state index < -0.39 is 0 Å². The fraction of sp³-hybridized carbons (Fsp3) is 0.429. The summed E-state index contributed by atoms with van der Waals surface area (Å²) in [5.41, 5.74) is 6.56. The summed E-state index contributed by atoms with van der Waals surface area (Å²) in [6.07, 6.45) is 0. The third-order valence-corrected chi connectivity index (χ3v) is 2.80. The monoisotopic (exact) mass is 279 g/mol. The van der Waals surface area contributed by atoms with Crippen molar-refractivity contribution in [3.05, 3.63) is 41.3 Å². The summed E-state index contributed by atoms with van der Waals surface area (Å²) < 4.78 is 23.9. The van der Waals surface area contributed by atoms with E-state index in [-0.39, 0.29) is 24.4 Å². The lowest BCUT2D eigenvalue weighted by Gasteiger charge is -2.12. The van der Waals surface area contributed by atoms with Gasteiger partial charge in [-0.15, -0.1) is 0 Å². The number of nitrogens with zero attached hydrogens (tertiary/aromatic N) is 2. The second-order valence-corrected chi connectivity index (χ2v) is 4.96. The second kappa shape index (κ2) is 6.00. The molecule has 0 amide bonds. The molecule has 0 fully saturated rings. The lowest BCUT2D eigenvalue weighted by Crippen LogP contribution is -2.09. The molecular formula is C14H18FN3O2. The van der Waals surface area contributed by atoms with Crippen LogP contribution in [0, 0.1) is 5.82 Å². The molecule has 1 aromatic heterocycles. The van der Waals surface area contributed by atoms with E-state index in [1.165, 1.54) is 12.1 Å². The molecule has 0 aliphatic heterocycles. The quantitative estimate of drug-likeness (QED) is 0.910. The number of hydrogen-bond donors (Lipinski definition) is 1. The van der Waals surface area contributed by atoms with Gasteiger partial charge >= 0.3 is 0 Å². The van der Waals surface area contributed by atoms with Gasteiger partial charge in [-0.05, 0) is 13.0 Å². The zero-order valence-corrected chi connectivity index (χ0v) is 11.8. The van der Waals surface area contributed by atoms with Crippen molar-refractivity contribution in [1.82, 2.24) is 10.1 Å². The molecule has 2 N–H and O–H groups in total. The molecule has 6 heteroatoms. The predicted octanol–water partition coefficient (Wildman–Crippen LogP) is 2.93. The van der Waals surface area contributed by atoms with Crippen molar-refractivity contribution in [1.29, 1.82) is 0 Å². The smallest absolute Gasteiger partial charge is 0.229 e. The van der Waals surface area contributed by atoms with Gasteiger partial charge in [-0.3, -0.25) is 0 Å². The molecule has 5 nitrogen and oxygen atoms in total. The fourth-order valence-electron chi connectivity index (χ4n) is 1.71. The first-order chi connectivity index (χ1) is 9.47. The van der Waals surface area contributed by atoms with Crippen LogP contribution in [0.15, 0.2) is 22.7 Å². The largest absolute Gasteiger partial charge is 0.485 e. The number of hydrogen-bond acceptors (Lipinski definition) is 5. The zero-order valence-electron chi connectivity index (χ0n) is 11.8. The van der Waals surface area contributed by atoms with Crippen molar-refractivity contribution in [2.75, 3.05) is 0 Å². The SMILES string of the molecule is CC(C)c1nc(COc2cc(F)ccc2[C@@H](C)N)no1. The van der Waals surface area contributed by atoms with Crippen molar-refractivity contribution in [3.63, 3.8) is 0 Å². The van der Waals surface area contributed by atoms with Crippen molar-refractivity contribution in [3.8, 4) is 5.75 Å². The van der Waals surface area contributed by atoms with Crippen LogP contribution in [0.1, 0.15) is 50.0 Å². The summed E-state index contributed by atoms with van der Waals surface area (Å²) >= 11 is 0. The van der Waals surface area contributed by atoms with Crippen LogP contribution in [-0.4, -0.2) is 10.1 Å². The lowest BCUT2D eigenvalue weighted by molar-refractivity contribution is 0.279. The Bertz CT molecular complexity index is 582. The molecule has 0 aliphatic rings. The van der Waals surface area contributed by atoms with E-state index in [0.29, 0.717) is 17.5 Å². The minimum absolute atomic E-state index is 0.111. The molecule has 2 rings (SSSR count). The summed E-state index contributed by atoms with van der Waals surface area (Å²) in [5, 5.41) is 3.81. The predicted molar refractivity (Wildman–Crippen MR) is 71.7 cm³/mol. The van der Waals surface area contributed by atoms with Gasteiger partial charge in [0.25, 0.3) is 0 Å². The number of rotatable bonds is 5. The van der Waals surface area contributed by atoms with Crippen molar-refractivity contribution in [2.24, 2.45) is 5.73 Å². The standard InChI is InChI=1S/C14H18FN3O2/c1-8(2)14-17-13(18-20-14)7-19-12-6-10(15)4-5-11(12)9(3)16/h4-6,8-9H,7,16H2,1-3H3/t9-/m1/s1. The average molecular weight is 279 g/mol. The Balaban J connectivity index is 2.11. The Morgan fingerprint density at radius 2 is 2.10 bits per heavy atom. The molecule has 0 saturated heterocycles. The number of nitrogens with two attached hydrogens (primary N) is 1. The molecule has 20 heavy (non-hydrogen) atoms. The molecule has 0 saturated carbocycles. The third kappa shape index (κ3) is 3.33. The molecule has 0 spiro atoms. The molecule has 0 unspecified atom stereocenters. The highest BCUT2D eigenvalue weighted by Crippen LogP contribution is 2.25. The Morgan fingerprint density at radius 1 is 1.35 bits per heavy atom. The van der Waals surface area contributed by atoms with Crippen molar-refractivity contribution < 1.29 is 13.7 Å². The maximum Gasteiger partial charge on any atom is 0.229 e. The molecule has 0 aliphatic carbocycles. The number of halogens is 1. The lowest BCUT2D eigenvalue weighted by atomic mass is 10.1. The summed E-state index contributed by atoms with van der Waals surface area (Å²) in [6.45, 7) is 5.84. The Morgan fingerprint density at radius 3 is 2.70 bits per heavy atom. The first-order valence-electron chi connectivity index (χ1n) is 6.47. The Kier molecular flexibility index (Phi) is 4.34. The fourth-order valence-corrected chi connectivity index (χ4v) is 1.71. The summed E-state index contributed by atoms with van der Waals surface area (Å²) in [5.74, 6) is 1.16. The first kappa shape index (κ1) is 14.5. The normalized spacial score (nSPS) is 12.7. The Labute approximate surface area is 116 Å². The van der Waals surface area contributed by atoms with Crippen molar-refractivity contribution >= 4 is 0 Å². The van der Waals surface area contributed by atoms with Crippen LogP contribution in [0.2, 0.25) is 0 Å². The summed E-state index contributed by atoms with van der Waals surface area (Å²) in [6, 6.07) is 4.03. The number of ether oxygens (including phenoxy) is 1. The number of benzene rings is 1. The maximum atomic E-state index is 13.3. The molecule has 1 atom stereocenters. The highest BCUT2D eigenvalue weighted by atomic mass is 19.1. The highest BCUT2D eigenvalue weighted by Gasteiger charge is 2.13. The van der Waals surface area contributed by atoms with Crippen molar-refractivity contribution in [2.45, 2.75) is 39.3 Å². The number of aromatic nitrogens is 2. The second-order valence-electron chi connectivity index (χ2n) is 4.96. The van der Waals surface area contributed by atoms with Crippen LogP contribution in [0.5, 0.6) is 5.75 Å². The van der Waals surface area contributed by atoms with Gasteiger partial charge in [0.15, 0.2) is 6.61 Å². The van der Waals surface area contributed by atoms with Gasteiger partial charge in [0.2, 0.25) is 11.7 Å². The zero-order chi connectivity index (χ0) is 14.7. The Hall–Kier alpha value is -1.95. The molecule has 108 valence electrons. The van der Waals surface area contributed by atoms with Gasteiger partial charge in [0, 0.05) is 23.6 Å². The van der Waals surface area contributed by atoms with Crippen LogP contribution < -0.4 is 10.5 Å². The first-order valence-corrected chi connectivity index (χ1v) is 6.47. The molecule has 0 bridgehead atoms. The van der Waals surface area contributed by atoms with Gasteiger partial charge in [-0.25, -0.2) is 4.39 Å². The average Bonchev–Trinajstić information content (AvgIpc) is 2.85. The van der Waals surface area contributed by atoms with Crippen LogP contribution in [0.4, 0.5) is 4.39 Å². The molecule has 0 radical (unpaired) electrons. The molecule has 1 heterocycles. The minimum Gasteiger partial charge on any atom is -0.485 e. The topological polar surface area (TPSA) is 74.2 Å². The van der Waals surface area contributed by atoms with Gasteiger partial charge < -0.3 is 15.0 Å². The summed E-state index contributed by atoms with van der Waals surface area (Å²) in [7, 11) is 0. The third-order valence-electron chi connectivity index (χ3n) is 2.80. The van der Waals surface area contributed by atoms with Crippen LogP contribution in [-0.2, 0) is 6.61 Å².